The van der Waals surface area contributed by atoms with Gasteiger partial charge in [-0.3, -0.25) is 9.89 Å². The average Bonchev–Trinajstić information content (AvgIpc) is 2.89. The number of unbranched alkanes of at least 4 members (excludes halogenated alkanes) is 7. The second-order valence-corrected chi connectivity index (χ2v) is 5.65. The summed E-state index contributed by atoms with van der Waals surface area (Å²) in [7, 11) is 0. The summed E-state index contributed by atoms with van der Waals surface area (Å²) in [6.07, 6.45) is 18.6. The molecule has 0 bridgehead atoms. The first-order chi connectivity index (χ1) is 9.88. The van der Waals surface area contributed by atoms with Crippen LogP contribution in [0.25, 0.3) is 0 Å². The number of rotatable bonds is 12. The fraction of sp³-hybridized carbons (Fsp3) is 0.824. The zero-order valence-electron chi connectivity index (χ0n) is 13.1. The van der Waals surface area contributed by atoms with Crippen LogP contribution in [0.3, 0.4) is 0 Å². The van der Waals surface area contributed by atoms with Gasteiger partial charge in [-0.1, -0.05) is 44.3 Å². The Kier molecular flexibility index (Phi) is 10.5. The summed E-state index contributed by atoms with van der Waals surface area (Å²) in [5, 5.41) is 8.99. The molecule has 0 fully saturated rings. The molecule has 0 spiro atoms. The van der Waals surface area contributed by atoms with E-state index in [1.54, 1.807) is 0 Å². The fourth-order valence-electron chi connectivity index (χ4n) is 2.76. The standard InChI is InChI=1S/C17H32N2O/c1-2-3-4-5-6-7-8-9-10-11-12-17-18-13-14-19(17)15-16-20/h2-3,13,17,20H,4-12,14-16H2,1H3/b3-2+. The van der Waals surface area contributed by atoms with Crippen molar-refractivity contribution in [2.24, 2.45) is 4.99 Å². The highest BCUT2D eigenvalue weighted by molar-refractivity contribution is 5.62. The first-order valence-corrected chi connectivity index (χ1v) is 8.36. The molecule has 0 aromatic carbocycles. The number of aliphatic imine (C=N–C) groups is 1. The van der Waals surface area contributed by atoms with Crippen molar-refractivity contribution in [3.8, 4) is 0 Å². The average molecular weight is 280 g/mol. The largest absolute Gasteiger partial charge is 0.395 e. The molecule has 0 aliphatic carbocycles. The number of β-amino-alcohol motifs (C(OH)–C–C–N with tert-alkyl or cyclic N) is 1. The Balaban J connectivity index is 1.88. The maximum Gasteiger partial charge on any atom is 0.102 e. The molecule has 0 radical (unpaired) electrons. The Labute approximate surface area is 124 Å². The predicted molar refractivity (Wildman–Crippen MR) is 87.3 cm³/mol. The number of aliphatic hydroxyl groups is 1. The predicted octanol–water partition coefficient (Wildman–Crippen LogP) is 3.78. The lowest BCUT2D eigenvalue weighted by molar-refractivity contribution is 0.176. The van der Waals surface area contributed by atoms with Crippen LogP contribution in [-0.4, -0.2) is 42.1 Å². The topological polar surface area (TPSA) is 35.8 Å². The number of aliphatic hydroxyl groups excluding tert-OH is 1. The van der Waals surface area contributed by atoms with Crippen molar-refractivity contribution in [2.45, 2.75) is 70.9 Å². The van der Waals surface area contributed by atoms with Crippen LogP contribution in [0, 0.1) is 0 Å². The SMILES string of the molecule is C/C=C/CCCCCCCCCC1N=CCN1CCO. The van der Waals surface area contributed by atoms with Crippen LogP contribution in [0.1, 0.15) is 64.7 Å². The highest BCUT2D eigenvalue weighted by atomic mass is 16.3. The van der Waals surface area contributed by atoms with Crippen LogP contribution < -0.4 is 0 Å². The quantitative estimate of drug-likeness (QED) is 0.436. The van der Waals surface area contributed by atoms with Gasteiger partial charge >= 0.3 is 0 Å². The van der Waals surface area contributed by atoms with E-state index in [1.165, 1.54) is 51.4 Å². The highest BCUT2D eigenvalue weighted by Crippen LogP contribution is 2.16. The molecule has 1 atom stereocenters. The maximum atomic E-state index is 8.99. The second-order valence-electron chi connectivity index (χ2n) is 5.65. The molecule has 1 aliphatic rings. The Morgan fingerprint density at radius 2 is 1.85 bits per heavy atom. The van der Waals surface area contributed by atoms with E-state index in [9.17, 15) is 0 Å². The van der Waals surface area contributed by atoms with Crippen LogP contribution in [0.15, 0.2) is 17.1 Å². The van der Waals surface area contributed by atoms with Crippen molar-refractivity contribution in [2.75, 3.05) is 19.7 Å². The van der Waals surface area contributed by atoms with Crippen molar-refractivity contribution in [3.63, 3.8) is 0 Å². The summed E-state index contributed by atoms with van der Waals surface area (Å²) < 4.78 is 0. The van der Waals surface area contributed by atoms with E-state index in [0.717, 1.165) is 19.5 Å². The Bertz CT molecular complexity index is 276. The molecule has 116 valence electrons. The van der Waals surface area contributed by atoms with Gasteiger partial charge in [-0.25, -0.2) is 0 Å². The van der Waals surface area contributed by atoms with Crippen LogP contribution >= 0.6 is 0 Å². The summed E-state index contributed by atoms with van der Waals surface area (Å²) in [4.78, 5) is 6.76. The van der Waals surface area contributed by atoms with Gasteiger partial charge in [0.15, 0.2) is 0 Å². The molecule has 1 N–H and O–H groups in total. The summed E-state index contributed by atoms with van der Waals surface area (Å²) in [5.74, 6) is 0. The third-order valence-corrected chi connectivity index (χ3v) is 3.97. The molecule has 1 heterocycles. The fourth-order valence-corrected chi connectivity index (χ4v) is 2.76. The lowest BCUT2D eigenvalue weighted by atomic mass is 10.1. The van der Waals surface area contributed by atoms with E-state index >= 15 is 0 Å². The summed E-state index contributed by atoms with van der Waals surface area (Å²) in [6, 6.07) is 0. The first-order valence-electron chi connectivity index (χ1n) is 8.36. The molecule has 20 heavy (non-hydrogen) atoms. The molecule has 0 aromatic rings. The third-order valence-electron chi connectivity index (χ3n) is 3.97. The molecule has 0 saturated carbocycles. The van der Waals surface area contributed by atoms with Gasteiger partial charge < -0.3 is 5.11 Å². The van der Waals surface area contributed by atoms with Crippen LogP contribution in [0.5, 0.6) is 0 Å². The smallest absolute Gasteiger partial charge is 0.102 e. The van der Waals surface area contributed by atoms with E-state index in [-0.39, 0.29) is 6.61 Å². The third kappa shape index (κ3) is 7.81. The van der Waals surface area contributed by atoms with Gasteiger partial charge in [0, 0.05) is 19.3 Å². The van der Waals surface area contributed by atoms with Gasteiger partial charge in [-0.15, -0.1) is 0 Å². The van der Waals surface area contributed by atoms with Gasteiger partial charge in [0.1, 0.15) is 6.17 Å². The van der Waals surface area contributed by atoms with Crippen molar-refractivity contribution in [3.05, 3.63) is 12.2 Å². The van der Waals surface area contributed by atoms with Crippen LogP contribution in [-0.2, 0) is 0 Å². The van der Waals surface area contributed by atoms with Gasteiger partial charge in [-0.2, -0.15) is 0 Å². The lowest BCUT2D eigenvalue weighted by Gasteiger charge is -2.21. The molecular formula is C17H32N2O. The zero-order chi connectivity index (χ0) is 14.5. The summed E-state index contributed by atoms with van der Waals surface area (Å²) in [6.45, 7) is 4.01. The van der Waals surface area contributed by atoms with Crippen molar-refractivity contribution >= 4 is 6.21 Å². The van der Waals surface area contributed by atoms with E-state index in [0.29, 0.717) is 6.17 Å². The first kappa shape index (κ1) is 17.4. The molecule has 3 heteroatoms. The van der Waals surface area contributed by atoms with E-state index < -0.39 is 0 Å². The molecular weight excluding hydrogens is 248 g/mol. The monoisotopic (exact) mass is 280 g/mol. The maximum absolute atomic E-state index is 8.99. The summed E-state index contributed by atoms with van der Waals surface area (Å²) in [5.41, 5.74) is 0. The minimum atomic E-state index is 0.243. The van der Waals surface area contributed by atoms with Crippen molar-refractivity contribution in [1.82, 2.24) is 4.90 Å². The van der Waals surface area contributed by atoms with E-state index in [4.69, 9.17) is 5.11 Å². The molecule has 0 aromatic heterocycles. The summed E-state index contributed by atoms with van der Waals surface area (Å²) >= 11 is 0. The minimum absolute atomic E-state index is 0.243. The number of nitrogens with zero attached hydrogens (tertiary/aromatic N) is 2. The van der Waals surface area contributed by atoms with Crippen molar-refractivity contribution < 1.29 is 5.11 Å². The molecule has 1 aliphatic heterocycles. The van der Waals surface area contributed by atoms with Gasteiger partial charge in [0.2, 0.25) is 0 Å². The van der Waals surface area contributed by atoms with Crippen molar-refractivity contribution in [1.29, 1.82) is 0 Å². The molecule has 1 rings (SSSR count). The highest BCUT2D eigenvalue weighted by Gasteiger charge is 2.19. The Morgan fingerprint density at radius 3 is 2.55 bits per heavy atom. The second kappa shape index (κ2) is 12.1. The number of hydrogen-bond acceptors (Lipinski definition) is 3. The number of hydrogen-bond donors (Lipinski definition) is 1. The molecule has 3 nitrogen and oxygen atoms in total. The molecule has 0 saturated heterocycles. The minimum Gasteiger partial charge on any atom is -0.395 e. The Morgan fingerprint density at radius 1 is 1.15 bits per heavy atom. The van der Waals surface area contributed by atoms with Gasteiger partial charge in [-0.05, 0) is 32.6 Å². The van der Waals surface area contributed by atoms with Crippen LogP contribution in [0.4, 0.5) is 0 Å². The van der Waals surface area contributed by atoms with Gasteiger partial charge in [0.25, 0.3) is 0 Å². The van der Waals surface area contributed by atoms with Gasteiger partial charge in [0.05, 0.1) is 6.61 Å². The normalized spacial score (nSPS) is 19.4. The van der Waals surface area contributed by atoms with E-state index in [1.807, 2.05) is 6.21 Å². The van der Waals surface area contributed by atoms with Crippen LogP contribution in [0.2, 0.25) is 0 Å². The lowest BCUT2D eigenvalue weighted by Crippen LogP contribution is -2.32. The molecule has 1 unspecified atom stereocenters. The molecule has 0 amide bonds. The number of allylic oxidation sites excluding steroid dienone is 2. The van der Waals surface area contributed by atoms with E-state index in [2.05, 4.69) is 29.0 Å². The zero-order valence-corrected chi connectivity index (χ0v) is 13.1. The Hall–Kier alpha value is -0.670.